The molecule has 0 aromatic heterocycles. The second-order valence-corrected chi connectivity index (χ2v) is 4.51. The van der Waals surface area contributed by atoms with Crippen molar-refractivity contribution in [3.63, 3.8) is 0 Å². The standard InChI is InChI=1S/C16H20O4/c1-3-5-11-13(15(18)16(19)20-4-2)14(17)12-9-7-6-8-10-12/h6-10,13H,3-5,11H2,1-2H3. The van der Waals surface area contributed by atoms with Crippen LogP contribution in [0.5, 0.6) is 0 Å². The van der Waals surface area contributed by atoms with Gasteiger partial charge in [0.05, 0.1) is 12.5 Å². The Hall–Kier alpha value is -1.97. The van der Waals surface area contributed by atoms with E-state index < -0.39 is 17.7 Å². The molecule has 20 heavy (non-hydrogen) atoms. The summed E-state index contributed by atoms with van der Waals surface area (Å²) < 4.78 is 4.71. The number of carbonyl (C=O) groups is 3. The molecule has 0 saturated heterocycles. The maximum atomic E-state index is 12.4. The largest absolute Gasteiger partial charge is 0.460 e. The zero-order valence-corrected chi connectivity index (χ0v) is 11.9. The van der Waals surface area contributed by atoms with Crippen LogP contribution in [-0.4, -0.2) is 24.1 Å². The lowest BCUT2D eigenvalue weighted by molar-refractivity contribution is -0.154. The fourth-order valence-electron chi connectivity index (χ4n) is 1.94. The van der Waals surface area contributed by atoms with Crippen molar-refractivity contribution in [2.45, 2.75) is 33.1 Å². The molecular weight excluding hydrogens is 256 g/mol. The van der Waals surface area contributed by atoms with E-state index in [9.17, 15) is 14.4 Å². The van der Waals surface area contributed by atoms with Gasteiger partial charge >= 0.3 is 5.97 Å². The zero-order chi connectivity index (χ0) is 15.0. The number of hydrogen-bond acceptors (Lipinski definition) is 4. The predicted molar refractivity (Wildman–Crippen MR) is 75.4 cm³/mol. The molecule has 0 spiro atoms. The van der Waals surface area contributed by atoms with Crippen molar-refractivity contribution in [3.05, 3.63) is 35.9 Å². The van der Waals surface area contributed by atoms with E-state index in [1.165, 1.54) is 0 Å². The third-order valence-electron chi connectivity index (χ3n) is 3.01. The first-order chi connectivity index (χ1) is 9.61. The number of benzene rings is 1. The van der Waals surface area contributed by atoms with E-state index in [2.05, 4.69) is 0 Å². The van der Waals surface area contributed by atoms with Gasteiger partial charge in [0.15, 0.2) is 5.78 Å². The Bertz CT molecular complexity index is 465. The van der Waals surface area contributed by atoms with Gasteiger partial charge in [-0.05, 0) is 13.3 Å². The number of ketones is 2. The smallest absolute Gasteiger partial charge is 0.375 e. The van der Waals surface area contributed by atoms with Crippen molar-refractivity contribution in [3.8, 4) is 0 Å². The number of rotatable bonds is 8. The van der Waals surface area contributed by atoms with Crippen molar-refractivity contribution in [2.75, 3.05) is 6.61 Å². The second kappa shape index (κ2) is 8.25. The summed E-state index contributed by atoms with van der Waals surface area (Å²) in [5, 5.41) is 0. The predicted octanol–water partition coefficient (Wildman–Crippen LogP) is 2.81. The average molecular weight is 276 g/mol. The lowest BCUT2D eigenvalue weighted by Gasteiger charge is -2.13. The Morgan fingerprint density at radius 3 is 2.30 bits per heavy atom. The minimum atomic E-state index is -0.934. The Labute approximate surface area is 119 Å². The van der Waals surface area contributed by atoms with Gasteiger partial charge in [-0.15, -0.1) is 0 Å². The summed E-state index contributed by atoms with van der Waals surface area (Å²) in [6.45, 7) is 3.73. The van der Waals surface area contributed by atoms with Crippen molar-refractivity contribution >= 4 is 17.5 Å². The molecule has 4 nitrogen and oxygen atoms in total. The first kappa shape index (κ1) is 16.1. The molecule has 1 rings (SSSR count). The van der Waals surface area contributed by atoms with Crippen LogP contribution in [0.15, 0.2) is 30.3 Å². The molecule has 0 aliphatic carbocycles. The molecule has 0 radical (unpaired) electrons. The normalized spacial score (nSPS) is 11.7. The minimum absolute atomic E-state index is 0.130. The molecule has 108 valence electrons. The van der Waals surface area contributed by atoms with Gasteiger partial charge in [-0.2, -0.15) is 0 Å². The van der Waals surface area contributed by atoms with Crippen LogP contribution in [0.25, 0.3) is 0 Å². The monoisotopic (exact) mass is 276 g/mol. The van der Waals surface area contributed by atoms with Gasteiger partial charge in [0, 0.05) is 5.56 Å². The average Bonchev–Trinajstić information content (AvgIpc) is 2.48. The number of carbonyl (C=O) groups excluding carboxylic acids is 3. The topological polar surface area (TPSA) is 60.4 Å². The summed E-state index contributed by atoms with van der Waals surface area (Å²) in [6, 6.07) is 8.57. The molecule has 0 aliphatic rings. The molecule has 0 amide bonds. The highest BCUT2D eigenvalue weighted by molar-refractivity contribution is 6.39. The fourth-order valence-corrected chi connectivity index (χ4v) is 1.94. The van der Waals surface area contributed by atoms with Crippen LogP contribution in [0.3, 0.4) is 0 Å². The first-order valence-electron chi connectivity index (χ1n) is 6.92. The Balaban J connectivity index is 2.91. The first-order valence-corrected chi connectivity index (χ1v) is 6.92. The third-order valence-corrected chi connectivity index (χ3v) is 3.01. The molecule has 1 atom stereocenters. The van der Waals surface area contributed by atoms with Gasteiger partial charge in [0.25, 0.3) is 5.78 Å². The summed E-state index contributed by atoms with van der Waals surface area (Å²) in [5.74, 6) is -2.90. The highest BCUT2D eigenvalue weighted by Gasteiger charge is 2.32. The minimum Gasteiger partial charge on any atom is -0.460 e. The lowest BCUT2D eigenvalue weighted by Crippen LogP contribution is -2.31. The van der Waals surface area contributed by atoms with Gasteiger partial charge in [0.2, 0.25) is 0 Å². The number of unbranched alkanes of at least 4 members (excludes halogenated alkanes) is 1. The molecule has 0 saturated carbocycles. The summed E-state index contributed by atoms with van der Waals surface area (Å²) in [4.78, 5) is 36.0. The fraction of sp³-hybridized carbons (Fsp3) is 0.438. The summed E-state index contributed by atoms with van der Waals surface area (Å²) in [6.07, 6.45) is 1.95. The third kappa shape index (κ3) is 4.30. The molecule has 0 aliphatic heterocycles. The van der Waals surface area contributed by atoms with Crippen LogP contribution < -0.4 is 0 Å². The Kier molecular flexibility index (Phi) is 6.64. The number of Topliss-reactive ketones (excluding diaryl/α,β-unsaturated/α-hetero) is 2. The Morgan fingerprint density at radius 1 is 1.10 bits per heavy atom. The highest BCUT2D eigenvalue weighted by Crippen LogP contribution is 2.17. The molecule has 0 N–H and O–H groups in total. The quantitative estimate of drug-likeness (QED) is 0.317. The Morgan fingerprint density at radius 2 is 1.75 bits per heavy atom. The van der Waals surface area contributed by atoms with E-state index in [4.69, 9.17) is 4.74 Å². The van der Waals surface area contributed by atoms with E-state index in [1.54, 1.807) is 37.3 Å². The van der Waals surface area contributed by atoms with Crippen LogP contribution in [0.2, 0.25) is 0 Å². The maximum absolute atomic E-state index is 12.4. The van der Waals surface area contributed by atoms with E-state index in [1.807, 2.05) is 6.92 Å². The van der Waals surface area contributed by atoms with E-state index >= 15 is 0 Å². The lowest BCUT2D eigenvalue weighted by atomic mass is 9.89. The van der Waals surface area contributed by atoms with E-state index in [0.717, 1.165) is 6.42 Å². The van der Waals surface area contributed by atoms with Gasteiger partial charge in [0.1, 0.15) is 0 Å². The molecule has 0 heterocycles. The van der Waals surface area contributed by atoms with Gasteiger partial charge in [-0.25, -0.2) is 4.79 Å². The SMILES string of the molecule is CCCCC(C(=O)C(=O)OCC)C(=O)c1ccccc1. The maximum Gasteiger partial charge on any atom is 0.375 e. The number of hydrogen-bond donors (Lipinski definition) is 0. The van der Waals surface area contributed by atoms with E-state index in [-0.39, 0.29) is 12.4 Å². The van der Waals surface area contributed by atoms with Crippen LogP contribution >= 0.6 is 0 Å². The van der Waals surface area contributed by atoms with Crippen molar-refractivity contribution in [2.24, 2.45) is 5.92 Å². The summed E-state index contributed by atoms with van der Waals surface area (Å²) >= 11 is 0. The molecule has 1 aromatic carbocycles. The molecular formula is C16H20O4. The van der Waals surface area contributed by atoms with Crippen molar-refractivity contribution in [1.29, 1.82) is 0 Å². The van der Waals surface area contributed by atoms with Crippen LogP contribution in [-0.2, 0) is 14.3 Å². The van der Waals surface area contributed by atoms with Crippen LogP contribution in [0.1, 0.15) is 43.5 Å². The van der Waals surface area contributed by atoms with Crippen LogP contribution in [0.4, 0.5) is 0 Å². The second-order valence-electron chi connectivity index (χ2n) is 4.51. The molecule has 0 bridgehead atoms. The summed E-state index contributed by atoms with van der Waals surface area (Å²) in [5.41, 5.74) is 0.450. The molecule has 0 fully saturated rings. The molecule has 1 unspecified atom stereocenters. The van der Waals surface area contributed by atoms with E-state index in [0.29, 0.717) is 18.4 Å². The molecule has 1 aromatic rings. The number of ether oxygens (including phenoxy) is 1. The van der Waals surface area contributed by atoms with Crippen molar-refractivity contribution in [1.82, 2.24) is 0 Å². The number of esters is 1. The summed E-state index contributed by atoms with van der Waals surface area (Å²) in [7, 11) is 0. The van der Waals surface area contributed by atoms with Gasteiger partial charge < -0.3 is 4.74 Å². The van der Waals surface area contributed by atoms with Gasteiger partial charge in [-0.3, -0.25) is 9.59 Å². The zero-order valence-electron chi connectivity index (χ0n) is 11.9. The van der Waals surface area contributed by atoms with Gasteiger partial charge in [-0.1, -0.05) is 50.1 Å². The molecule has 4 heteroatoms. The van der Waals surface area contributed by atoms with Crippen molar-refractivity contribution < 1.29 is 19.1 Å². The highest BCUT2D eigenvalue weighted by atomic mass is 16.5. The van der Waals surface area contributed by atoms with Crippen LogP contribution in [0, 0.1) is 5.92 Å².